The highest BCUT2D eigenvalue weighted by Crippen LogP contribution is 2.42. The molecule has 4 rings (SSSR count). The zero-order valence-corrected chi connectivity index (χ0v) is 18.2. The van der Waals surface area contributed by atoms with Crippen molar-refractivity contribution in [1.29, 1.82) is 0 Å². The van der Waals surface area contributed by atoms with E-state index in [9.17, 15) is 4.79 Å². The summed E-state index contributed by atoms with van der Waals surface area (Å²) in [6, 6.07) is 1.99. The first-order valence-electron chi connectivity index (χ1n) is 9.79. The van der Waals surface area contributed by atoms with Crippen LogP contribution in [0.2, 0.25) is 0 Å². The molecular weight excluding hydrogens is 422 g/mol. The third-order valence-electron chi connectivity index (χ3n) is 5.87. The van der Waals surface area contributed by atoms with Gasteiger partial charge in [-0.15, -0.1) is 5.10 Å². The molecule has 2 aliphatic heterocycles. The normalized spacial score (nSPS) is 19.5. The lowest BCUT2D eigenvalue weighted by Crippen LogP contribution is -2.53. The first kappa shape index (κ1) is 19.3. The van der Waals surface area contributed by atoms with Gasteiger partial charge in [0.25, 0.3) is 0 Å². The summed E-state index contributed by atoms with van der Waals surface area (Å²) in [4.78, 5) is 28.3. The number of piperidine rings is 2. The van der Waals surface area contributed by atoms with Gasteiger partial charge in [-0.2, -0.15) is 9.90 Å². The van der Waals surface area contributed by atoms with Crippen LogP contribution in [0.25, 0.3) is 0 Å². The van der Waals surface area contributed by atoms with Crippen molar-refractivity contribution < 1.29 is 4.79 Å². The molecule has 0 aliphatic carbocycles. The van der Waals surface area contributed by atoms with Crippen LogP contribution in [-0.4, -0.2) is 55.4 Å². The molecule has 2 aliphatic rings. The zero-order chi connectivity index (χ0) is 19.9. The van der Waals surface area contributed by atoms with E-state index in [4.69, 9.17) is 0 Å². The molecule has 2 saturated heterocycles. The minimum absolute atomic E-state index is 0.261. The number of hydrogen-bond acceptors (Lipinski definition) is 6. The zero-order valence-electron chi connectivity index (χ0n) is 16.7. The summed E-state index contributed by atoms with van der Waals surface area (Å²) in [5, 5.41) is 8.61. The highest BCUT2D eigenvalue weighted by atomic mass is 79.9. The van der Waals surface area contributed by atoms with E-state index in [-0.39, 0.29) is 11.3 Å². The van der Waals surface area contributed by atoms with Crippen molar-refractivity contribution in [2.75, 3.05) is 24.5 Å². The molecule has 2 aromatic rings. The number of rotatable bonds is 3. The molecule has 0 N–H and O–H groups in total. The predicted molar refractivity (Wildman–Crippen MR) is 109 cm³/mol. The number of aromatic nitrogens is 5. The fourth-order valence-corrected chi connectivity index (χ4v) is 4.89. The van der Waals surface area contributed by atoms with Gasteiger partial charge in [0.15, 0.2) is 4.60 Å². The van der Waals surface area contributed by atoms with Gasteiger partial charge < -0.3 is 9.80 Å². The third-order valence-corrected chi connectivity index (χ3v) is 6.49. The summed E-state index contributed by atoms with van der Waals surface area (Å²) in [5.74, 6) is 1.05. The Morgan fingerprint density at radius 1 is 1.07 bits per heavy atom. The highest BCUT2D eigenvalue weighted by molar-refractivity contribution is 9.10. The Kier molecular flexibility index (Phi) is 5.11. The maximum Gasteiger partial charge on any atom is 0.229 e. The van der Waals surface area contributed by atoms with E-state index < -0.39 is 0 Å². The number of anilines is 1. The van der Waals surface area contributed by atoms with E-state index >= 15 is 0 Å². The van der Waals surface area contributed by atoms with Crippen molar-refractivity contribution >= 4 is 27.8 Å². The molecule has 8 nitrogen and oxygen atoms in total. The Morgan fingerprint density at radius 2 is 1.75 bits per heavy atom. The van der Waals surface area contributed by atoms with E-state index in [1.807, 2.05) is 24.8 Å². The molecule has 2 aromatic heterocycles. The maximum absolute atomic E-state index is 13.4. The minimum atomic E-state index is -0.262. The van der Waals surface area contributed by atoms with Crippen LogP contribution in [0.1, 0.15) is 42.8 Å². The molecule has 0 bridgehead atoms. The lowest BCUT2D eigenvalue weighted by atomic mass is 9.71. The van der Waals surface area contributed by atoms with Crippen molar-refractivity contribution in [2.24, 2.45) is 12.5 Å². The molecule has 150 valence electrons. The summed E-state index contributed by atoms with van der Waals surface area (Å²) >= 11 is 3.44. The second-order valence-electron chi connectivity index (χ2n) is 7.98. The summed E-state index contributed by atoms with van der Waals surface area (Å²) < 4.78 is 0.712. The van der Waals surface area contributed by atoms with Crippen molar-refractivity contribution in [3.05, 3.63) is 27.8 Å². The Morgan fingerprint density at radius 3 is 2.36 bits per heavy atom. The molecule has 0 unspecified atom stereocenters. The number of carbonyl (C=O) groups is 1. The van der Waals surface area contributed by atoms with Gasteiger partial charge in [0.2, 0.25) is 11.9 Å². The molecule has 4 heterocycles. The van der Waals surface area contributed by atoms with E-state index in [1.54, 1.807) is 7.05 Å². The number of halogens is 1. The molecule has 9 heteroatoms. The fourth-order valence-electron chi connectivity index (χ4n) is 4.45. The Bertz CT molecular complexity index is 868. The first-order chi connectivity index (χ1) is 13.4. The molecule has 2 fully saturated rings. The smallest absolute Gasteiger partial charge is 0.229 e. The van der Waals surface area contributed by atoms with Gasteiger partial charge in [0, 0.05) is 38.1 Å². The summed E-state index contributed by atoms with van der Waals surface area (Å²) in [6.45, 7) is 6.93. The molecule has 0 aromatic carbocycles. The van der Waals surface area contributed by atoms with Crippen molar-refractivity contribution in [3.8, 4) is 0 Å². The highest BCUT2D eigenvalue weighted by Gasteiger charge is 2.46. The monoisotopic (exact) mass is 447 g/mol. The Labute approximate surface area is 173 Å². The Balaban J connectivity index is 1.46. The van der Waals surface area contributed by atoms with Gasteiger partial charge in [-0.25, -0.2) is 9.97 Å². The lowest BCUT2D eigenvalue weighted by Gasteiger charge is -2.46. The standard InChI is InChI=1S/C19H26BrN7O/c1-13-11-14(2)22-18(21-13)26-9-6-19(7-10-26)5-4-8-27(17(19)28)12-15-16(20)24-25(3)23-15/h11H,4-10,12H2,1-3H3. The van der Waals surface area contributed by atoms with Crippen molar-refractivity contribution in [3.63, 3.8) is 0 Å². The number of nitrogens with zero attached hydrogens (tertiary/aromatic N) is 7. The first-order valence-corrected chi connectivity index (χ1v) is 10.6. The van der Waals surface area contributed by atoms with Crippen molar-refractivity contribution in [2.45, 2.75) is 46.1 Å². The van der Waals surface area contributed by atoms with Crippen molar-refractivity contribution in [1.82, 2.24) is 29.9 Å². The number of aryl methyl sites for hydroxylation is 3. The number of likely N-dealkylation sites (tertiary alicyclic amines) is 1. The van der Waals surface area contributed by atoms with Crippen LogP contribution in [0.5, 0.6) is 0 Å². The Hall–Kier alpha value is -2.03. The van der Waals surface area contributed by atoms with E-state index in [1.165, 1.54) is 4.80 Å². The third kappa shape index (κ3) is 3.64. The predicted octanol–water partition coefficient (Wildman–Crippen LogP) is 2.39. The molecule has 28 heavy (non-hydrogen) atoms. The van der Waals surface area contributed by atoms with Gasteiger partial charge >= 0.3 is 0 Å². The SMILES string of the molecule is Cc1cc(C)nc(N2CCC3(CCCN(Cc4nn(C)nc4Br)C3=O)CC2)n1. The molecule has 0 saturated carbocycles. The van der Waals surface area contributed by atoms with Crippen LogP contribution in [-0.2, 0) is 18.4 Å². The molecule has 1 amide bonds. The molecular formula is C19H26BrN7O. The van der Waals surface area contributed by atoms with Gasteiger partial charge in [-0.05, 0) is 61.5 Å². The van der Waals surface area contributed by atoms with Gasteiger partial charge in [0.05, 0.1) is 12.0 Å². The lowest BCUT2D eigenvalue weighted by molar-refractivity contribution is -0.148. The van der Waals surface area contributed by atoms with Crippen LogP contribution < -0.4 is 4.90 Å². The van der Waals surface area contributed by atoms with E-state index in [2.05, 4.69) is 41.0 Å². The van der Waals surface area contributed by atoms with Crippen LogP contribution in [0, 0.1) is 19.3 Å². The largest absolute Gasteiger partial charge is 0.341 e. The average Bonchev–Trinajstić information content (AvgIpc) is 2.96. The van der Waals surface area contributed by atoms with Crippen LogP contribution in [0.15, 0.2) is 10.7 Å². The second-order valence-corrected chi connectivity index (χ2v) is 8.73. The average molecular weight is 448 g/mol. The van der Waals surface area contributed by atoms with Gasteiger partial charge in [-0.3, -0.25) is 4.79 Å². The van der Waals surface area contributed by atoms with Crippen LogP contribution in [0.3, 0.4) is 0 Å². The number of hydrogen-bond donors (Lipinski definition) is 0. The summed E-state index contributed by atoms with van der Waals surface area (Å²) in [5.41, 5.74) is 2.52. The topological polar surface area (TPSA) is 80.0 Å². The molecule has 1 spiro atoms. The van der Waals surface area contributed by atoms with Gasteiger partial charge in [-0.1, -0.05) is 0 Å². The molecule has 0 atom stereocenters. The quantitative estimate of drug-likeness (QED) is 0.718. The summed E-state index contributed by atoms with van der Waals surface area (Å²) in [6.07, 6.45) is 3.69. The minimum Gasteiger partial charge on any atom is -0.341 e. The summed E-state index contributed by atoms with van der Waals surface area (Å²) in [7, 11) is 1.79. The van der Waals surface area contributed by atoms with E-state index in [0.717, 1.165) is 68.3 Å². The number of amides is 1. The van der Waals surface area contributed by atoms with E-state index in [0.29, 0.717) is 11.1 Å². The number of carbonyl (C=O) groups excluding carboxylic acids is 1. The van der Waals surface area contributed by atoms with Gasteiger partial charge in [0.1, 0.15) is 5.69 Å². The second kappa shape index (κ2) is 7.42. The van der Waals surface area contributed by atoms with Crippen LogP contribution in [0.4, 0.5) is 5.95 Å². The maximum atomic E-state index is 13.4. The fraction of sp³-hybridized carbons (Fsp3) is 0.632. The molecule has 0 radical (unpaired) electrons. The van der Waals surface area contributed by atoms with Crippen LogP contribution >= 0.6 is 15.9 Å².